The fourth-order valence-electron chi connectivity index (χ4n) is 1.12. The van der Waals surface area contributed by atoms with Crippen LogP contribution in [0.1, 0.15) is 11.3 Å². The Morgan fingerprint density at radius 2 is 1.92 bits per heavy atom. The molecule has 0 bridgehead atoms. The summed E-state index contributed by atoms with van der Waals surface area (Å²) in [5.41, 5.74) is 0.933. The van der Waals surface area contributed by atoms with Crippen molar-refractivity contribution in [3.63, 3.8) is 0 Å². The first-order valence-electron chi connectivity index (χ1n) is 3.73. The van der Waals surface area contributed by atoms with E-state index >= 15 is 0 Å². The Bertz CT molecular complexity index is 437. The van der Waals surface area contributed by atoms with Crippen molar-refractivity contribution in [2.45, 2.75) is 18.7 Å². The molecule has 4 nitrogen and oxygen atoms in total. The summed E-state index contributed by atoms with van der Waals surface area (Å²) in [5.74, 6) is 0. The summed E-state index contributed by atoms with van der Waals surface area (Å²) in [5, 5.41) is 11.0. The van der Waals surface area contributed by atoms with E-state index in [1.165, 1.54) is 12.3 Å². The van der Waals surface area contributed by atoms with E-state index in [9.17, 15) is 13.6 Å². The van der Waals surface area contributed by atoms with Crippen molar-refractivity contribution in [2.24, 2.45) is 0 Å². The number of rotatable bonds is 1. The maximum Gasteiger partial charge on any atom is 0.193 e. The second-order valence-corrected chi connectivity index (χ2v) is 4.97. The molecule has 5 heteroatoms. The van der Waals surface area contributed by atoms with Crippen molar-refractivity contribution in [1.29, 1.82) is 0 Å². The standard InChI is InChI=1S/C8H11NO3S/c1-6-7(2)9(10)5-4-8(6)13(3,11)12/h4-5H,1-3H3. The highest BCUT2D eigenvalue weighted by Crippen LogP contribution is 2.14. The maximum absolute atomic E-state index is 11.2. The van der Waals surface area contributed by atoms with Crippen molar-refractivity contribution >= 4 is 9.84 Å². The van der Waals surface area contributed by atoms with Crippen LogP contribution in [0.2, 0.25) is 0 Å². The van der Waals surface area contributed by atoms with E-state index in [4.69, 9.17) is 0 Å². The topological polar surface area (TPSA) is 61.1 Å². The zero-order valence-electron chi connectivity index (χ0n) is 7.73. The molecule has 0 atom stereocenters. The average molecular weight is 201 g/mol. The minimum Gasteiger partial charge on any atom is -0.619 e. The second-order valence-electron chi connectivity index (χ2n) is 2.99. The van der Waals surface area contributed by atoms with Crippen LogP contribution < -0.4 is 4.73 Å². The van der Waals surface area contributed by atoms with Gasteiger partial charge in [0.05, 0.1) is 4.90 Å². The van der Waals surface area contributed by atoms with Gasteiger partial charge in [0, 0.05) is 24.8 Å². The van der Waals surface area contributed by atoms with Crippen molar-refractivity contribution in [3.05, 3.63) is 28.7 Å². The van der Waals surface area contributed by atoms with Crippen molar-refractivity contribution in [2.75, 3.05) is 6.26 Å². The molecule has 0 aliphatic heterocycles. The van der Waals surface area contributed by atoms with Crippen molar-refractivity contribution in [1.82, 2.24) is 0 Å². The van der Waals surface area contributed by atoms with Gasteiger partial charge in [-0.2, -0.15) is 4.73 Å². The minimum absolute atomic E-state index is 0.220. The molecule has 13 heavy (non-hydrogen) atoms. The third kappa shape index (κ3) is 1.80. The number of nitrogens with zero attached hydrogens (tertiary/aromatic N) is 1. The van der Waals surface area contributed by atoms with Crippen LogP contribution in [-0.4, -0.2) is 14.7 Å². The first-order chi connectivity index (χ1) is 5.84. The molecule has 1 rings (SSSR count). The lowest BCUT2D eigenvalue weighted by Gasteiger charge is -2.06. The fraction of sp³-hybridized carbons (Fsp3) is 0.375. The summed E-state index contributed by atoms with van der Waals surface area (Å²) in [6.45, 7) is 3.22. The molecule has 1 heterocycles. The van der Waals surface area contributed by atoms with Gasteiger partial charge in [-0.05, 0) is 6.92 Å². The van der Waals surface area contributed by atoms with E-state index in [1.54, 1.807) is 13.8 Å². The zero-order chi connectivity index (χ0) is 10.2. The number of sulfone groups is 1. The molecular formula is C8H11NO3S. The Hall–Kier alpha value is -1.10. The van der Waals surface area contributed by atoms with Crippen molar-refractivity contribution in [3.8, 4) is 0 Å². The molecule has 0 spiro atoms. The van der Waals surface area contributed by atoms with E-state index in [-0.39, 0.29) is 4.90 Å². The summed E-state index contributed by atoms with van der Waals surface area (Å²) >= 11 is 0. The molecule has 0 unspecified atom stereocenters. The largest absolute Gasteiger partial charge is 0.619 e. The number of hydrogen-bond acceptors (Lipinski definition) is 3. The molecule has 0 saturated heterocycles. The summed E-state index contributed by atoms with van der Waals surface area (Å²) in [6, 6.07) is 1.32. The summed E-state index contributed by atoms with van der Waals surface area (Å²) in [6.07, 6.45) is 2.34. The lowest BCUT2D eigenvalue weighted by Crippen LogP contribution is -2.31. The second kappa shape index (κ2) is 2.99. The molecule has 0 N–H and O–H groups in total. The summed E-state index contributed by atoms with van der Waals surface area (Å²) in [4.78, 5) is 0.220. The monoisotopic (exact) mass is 201 g/mol. The molecule has 0 aliphatic rings. The maximum atomic E-state index is 11.2. The quantitative estimate of drug-likeness (QED) is 0.486. The van der Waals surface area contributed by atoms with Gasteiger partial charge in [-0.25, -0.2) is 8.42 Å². The van der Waals surface area contributed by atoms with Crippen LogP contribution in [0, 0.1) is 19.1 Å². The van der Waals surface area contributed by atoms with Crippen LogP contribution in [0.15, 0.2) is 17.2 Å². The van der Waals surface area contributed by atoms with Crippen LogP contribution in [0.3, 0.4) is 0 Å². The van der Waals surface area contributed by atoms with Crippen LogP contribution in [-0.2, 0) is 9.84 Å². The van der Waals surface area contributed by atoms with Gasteiger partial charge in [0.1, 0.15) is 0 Å². The molecule has 0 aliphatic carbocycles. The Morgan fingerprint density at radius 3 is 2.38 bits per heavy atom. The van der Waals surface area contributed by atoms with Crippen molar-refractivity contribution < 1.29 is 13.1 Å². The average Bonchev–Trinajstić information content (AvgIpc) is 1.98. The van der Waals surface area contributed by atoms with Gasteiger partial charge in [-0.3, -0.25) is 0 Å². The van der Waals surface area contributed by atoms with Crippen LogP contribution in [0.4, 0.5) is 0 Å². The van der Waals surface area contributed by atoms with E-state index in [0.717, 1.165) is 6.26 Å². The smallest absolute Gasteiger partial charge is 0.193 e. The third-order valence-corrected chi connectivity index (χ3v) is 3.24. The highest BCUT2D eigenvalue weighted by molar-refractivity contribution is 7.90. The van der Waals surface area contributed by atoms with Crippen LogP contribution in [0.25, 0.3) is 0 Å². The highest BCUT2D eigenvalue weighted by Gasteiger charge is 2.16. The Kier molecular flexibility index (Phi) is 2.30. The number of hydrogen-bond donors (Lipinski definition) is 0. The van der Waals surface area contributed by atoms with E-state index < -0.39 is 9.84 Å². The van der Waals surface area contributed by atoms with Gasteiger partial charge in [0.2, 0.25) is 0 Å². The Labute approximate surface area is 77.3 Å². The molecule has 0 amide bonds. The molecule has 1 aromatic heterocycles. The molecule has 72 valence electrons. The lowest BCUT2D eigenvalue weighted by atomic mass is 10.2. The molecule has 0 saturated carbocycles. The van der Waals surface area contributed by atoms with Crippen LogP contribution >= 0.6 is 0 Å². The fourth-order valence-corrected chi connectivity index (χ4v) is 2.13. The van der Waals surface area contributed by atoms with Gasteiger partial charge >= 0.3 is 0 Å². The third-order valence-electron chi connectivity index (χ3n) is 2.00. The predicted molar refractivity (Wildman–Crippen MR) is 48.0 cm³/mol. The molecule has 1 aromatic rings. The van der Waals surface area contributed by atoms with Gasteiger partial charge in [-0.15, -0.1) is 0 Å². The predicted octanol–water partition coefficient (Wildman–Crippen LogP) is 0.340. The minimum atomic E-state index is -3.22. The molecular weight excluding hydrogens is 190 g/mol. The van der Waals surface area contributed by atoms with E-state index in [0.29, 0.717) is 16.0 Å². The summed E-state index contributed by atoms with van der Waals surface area (Å²) < 4.78 is 23.1. The highest BCUT2D eigenvalue weighted by atomic mass is 32.2. The first kappa shape index (κ1) is 9.98. The van der Waals surface area contributed by atoms with Gasteiger partial charge < -0.3 is 5.21 Å². The van der Waals surface area contributed by atoms with E-state index in [2.05, 4.69) is 0 Å². The zero-order valence-corrected chi connectivity index (χ0v) is 8.55. The van der Waals surface area contributed by atoms with Crippen LogP contribution in [0.5, 0.6) is 0 Å². The Morgan fingerprint density at radius 1 is 1.38 bits per heavy atom. The normalized spacial score (nSPS) is 11.6. The SMILES string of the molecule is Cc1c(S(C)(=O)=O)cc[n+]([O-])c1C. The first-order valence-corrected chi connectivity index (χ1v) is 5.62. The van der Waals surface area contributed by atoms with Gasteiger partial charge in [0.25, 0.3) is 0 Å². The number of aromatic nitrogens is 1. The lowest BCUT2D eigenvalue weighted by molar-refractivity contribution is -0.613. The molecule has 0 fully saturated rings. The number of pyridine rings is 1. The Balaban J connectivity index is 3.53. The molecule has 0 aromatic carbocycles. The summed E-state index contributed by atoms with van der Waals surface area (Å²) in [7, 11) is -3.22. The van der Waals surface area contributed by atoms with Gasteiger partial charge in [0.15, 0.2) is 21.7 Å². The molecule has 0 radical (unpaired) electrons. The van der Waals surface area contributed by atoms with Gasteiger partial charge in [-0.1, -0.05) is 0 Å². The van der Waals surface area contributed by atoms with E-state index in [1.807, 2.05) is 0 Å².